The summed E-state index contributed by atoms with van der Waals surface area (Å²) in [4.78, 5) is 0. The monoisotopic (exact) mass is 305 g/mol. The second kappa shape index (κ2) is 7.41. The van der Waals surface area contributed by atoms with E-state index in [0.717, 1.165) is 27.9 Å². The number of ether oxygens (including phenoxy) is 1. The summed E-state index contributed by atoms with van der Waals surface area (Å²) in [5.74, 6) is 1.52. The molecule has 2 aromatic rings. The molecule has 0 aliphatic rings. The highest BCUT2D eigenvalue weighted by Crippen LogP contribution is 2.29. The van der Waals surface area contributed by atoms with Crippen LogP contribution in [0.5, 0.6) is 5.75 Å². The van der Waals surface area contributed by atoms with E-state index in [4.69, 9.17) is 4.74 Å². The van der Waals surface area contributed by atoms with E-state index < -0.39 is 0 Å². The molecule has 0 radical (unpaired) electrons. The Bertz CT molecular complexity index is 568. The zero-order valence-corrected chi connectivity index (χ0v) is 13.9. The first-order chi connectivity index (χ1) is 10.1. The third kappa shape index (κ3) is 4.43. The summed E-state index contributed by atoms with van der Waals surface area (Å²) in [6.07, 6.45) is 0.975. The van der Waals surface area contributed by atoms with Crippen LogP contribution in [0.15, 0.2) is 24.3 Å². The lowest BCUT2D eigenvalue weighted by molar-refractivity contribution is 0.335. The fraction of sp³-hybridized carbons (Fsp3) is 0.500. The van der Waals surface area contributed by atoms with Crippen LogP contribution in [0.2, 0.25) is 0 Å². The summed E-state index contributed by atoms with van der Waals surface area (Å²) in [6.45, 7) is 9.16. The molecule has 0 aliphatic carbocycles. The smallest absolute Gasteiger partial charge is 0.206 e. The Kier molecular flexibility index (Phi) is 5.56. The topological polar surface area (TPSA) is 47.0 Å². The molecule has 0 saturated carbocycles. The highest BCUT2D eigenvalue weighted by atomic mass is 32.1. The summed E-state index contributed by atoms with van der Waals surface area (Å²) >= 11 is 1.63. The van der Waals surface area contributed by atoms with E-state index in [0.29, 0.717) is 12.5 Å². The van der Waals surface area contributed by atoms with E-state index in [1.807, 2.05) is 25.1 Å². The first kappa shape index (κ1) is 15.8. The van der Waals surface area contributed by atoms with Gasteiger partial charge < -0.3 is 10.1 Å². The van der Waals surface area contributed by atoms with Crippen molar-refractivity contribution in [2.75, 3.05) is 11.9 Å². The first-order valence-electron chi connectivity index (χ1n) is 7.40. The Labute approximate surface area is 130 Å². The molecule has 21 heavy (non-hydrogen) atoms. The Morgan fingerprint density at radius 1 is 1.19 bits per heavy atom. The van der Waals surface area contributed by atoms with Gasteiger partial charge in [-0.25, -0.2) is 0 Å². The van der Waals surface area contributed by atoms with Crippen LogP contribution in [0.1, 0.15) is 44.3 Å². The molecule has 1 heterocycles. The molecule has 114 valence electrons. The zero-order valence-electron chi connectivity index (χ0n) is 13.1. The van der Waals surface area contributed by atoms with Gasteiger partial charge in [-0.2, -0.15) is 0 Å². The van der Waals surface area contributed by atoms with Gasteiger partial charge in [-0.15, -0.1) is 10.2 Å². The highest BCUT2D eigenvalue weighted by molar-refractivity contribution is 7.15. The molecule has 4 nitrogen and oxygen atoms in total. The number of para-hydroxylation sites is 1. The molecule has 2 rings (SSSR count). The van der Waals surface area contributed by atoms with E-state index in [1.165, 1.54) is 0 Å². The van der Waals surface area contributed by atoms with Crippen LogP contribution in [0.25, 0.3) is 0 Å². The molecule has 5 heteroatoms. The molecule has 0 spiro atoms. The van der Waals surface area contributed by atoms with Crippen molar-refractivity contribution in [2.24, 2.45) is 5.92 Å². The van der Waals surface area contributed by atoms with Crippen molar-refractivity contribution >= 4 is 16.5 Å². The molecule has 0 saturated heterocycles. The molecule has 0 amide bonds. The Balaban J connectivity index is 2.07. The fourth-order valence-electron chi connectivity index (χ4n) is 2.13. The van der Waals surface area contributed by atoms with Gasteiger partial charge in [0, 0.05) is 12.0 Å². The standard InChI is InChI=1S/C16H23N3OS/c1-5-20-14-9-7-6-8-13(14)12(4)17-16-19-18-15(21-16)10-11(2)3/h6-9,11-12H,5,10H2,1-4H3,(H,17,19). The lowest BCUT2D eigenvalue weighted by Crippen LogP contribution is -2.08. The lowest BCUT2D eigenvalue weighted by Gasteiger charge is -2.17. The minimum Gasteiger partial charge on any atom is -0.494 e. The van der Waals surface area contributed by atoms with Gasteiger partial charge in [-0.05, 0) is 25.8 Å². The second-order valence-corrected chi connectivity index (χ2v) is 6.50. The van der Waals surface area contributed by atoms with E-state index >= 15 is 0 Å². The van der Waals surface area contributed by atoms with Gasteiger partial charge in [-0.1, -0.05) is 43.4 Å². The summed E-state index contributed by atoms with van der Waals surface area (Å²) in [5, 5.41) is 13.8. The number of hydrogen-bond acceptors (Lipinski definition) is 5. The van der Waals surface area contributed by atoms with E-state index in [2.05, 4.69) is 42.4 Å². The lowest BCUT2D eigenvalue weighted by atomic mass is 10.1. The summed E-state index contributed by atoms with van der Waals surface area (Å²) in [7, 11) is 0. The number of nitrogens with one attached hydrogen (secondary N) is 1. The van der Waals surface area contributed by atoms with Gasteiger partial charge in [0.05, 0.1) is 12.6 Å². The Hall–Kier alpha value is -1.62. The average Bonchev–Trinajstić information content (AvgIpc) is 2.86. The van der Waals surface area contributed by atoms with Crippen LogP contribution >= 0.6 is 11.3 Å². The minimum atomic E-state index is 0.132. The van der Waals surface area contributed by atoms with Crippen molar-refractivity contribution in [3.8, 4) is 5.75 Å². The summed E-state index contributed by atoms with van der Waals surface area (Å²) in [5.41, 5.74) is 1.14. The molecule has 0 fully saturated rings. The van der Waals surface area contributed by atoms with Gasteiger partial charge in [0.25, 0.3) is 0 Å². The van der Waals surface area contributed by atoms with E-state index in [-0.39, 0.29) is 6.04 Å². The van der Waals surface area contributed by atoms with Crippen LogP contribution in [0.3, 0.4) is 0 Å². The molecule has 0 bridgehead atoms. The van der Waals surface area contributed by atoms with Crippen LogP contribution in [-0.2, 0) is 6.42 Å². The van der Waals surface area contributed by atoms with Gasteiger partial charge in [0.15, 0.2) is 0 Å². The molecule has 1 atom stereocenters. The number of nitrogens with zero attached hydrogens (tertiary/aromatic N) is 2. The predicted octanol–water partition coefficient (Wildman–Crippen LogP) is 4.31. The summed E-state index contributed by atoms with van der Waals surface area (Å²) < 4.78 is 5.68. The molecule has 1 aromatic heterocycles. The zero-order chi connectivity index (χ0) is 15.2. The maximum Gasteiger partial charge on any atom is 0.206 e. The van der Waals surface area contributed by atoms with Crippen molar-refractivity contribution in [1.29, 1.82) is 0 Å². The third-order valence-corrected chi connectivity index (χ3v) is 3.95. The van der Waals surface area contributed by atoms with Gasteiger partial charge >= 0.3 is 0 Å². The molecule has 1 unspecified atom stereocenters. The van der Waals surface area contributed by atoms with Crippen molar-refractivity contribution in [2.45, 2.75) is 40.2 Å². The van der Waals surface area contributed by atoms with Crippen LogP contribution < -0.4 is 10.1 Å². The van der Waals surface area contributed by atoms with Gasteiger partial charge in [-0.3, -0.25) is 0 Å². The molecular weight excluding hydrogens is 282 g/mol. The molecular formula is C16H23N3OS. The van der Waals surface area contributed by atoms with E-state index in [9.17, 15) is 0 Å². The predicted molar refractivity (Wildman–Crippen MR) is 88.1 cm³/mol. The number of hydrogen-bond donors (Lipinski definition) is 1. The minimum absolute atomic E-state index is 0.132. The fourth-order valence-corrected chi connectivity index (χ4v) is 3.17. The molecule has 1 N–H and O–H groups in total. The van der Waals surface area contributed by atoms with Gasteiger partial charge in [0.2, 0.25) is 5.13 Å². The molecule has 0 aliphatic heterocycles. The SMILES string of the molecule is CCOc1ccccc1C(C)Nc1nnc(CC(C)C)s1. The quantitative estimate of drug-likeness (QED) is 0.828. The highest BCUT2D eigenvalue weighted by Gasteiger charge is 2.13. The number of rotatable bonds is 7. The van der Waals surface area contributed by atoms with Crippen LogP contribution in [0, 0.1) is 5.92 Å². The number of anilines is 1. The normalized spacial score (nSPS) is 12.4. The van der Waals surface area contributed by atoms with Crippen molar-refractivity contribution in [3.63, 3.8) is 0 Å². The molecule has 1 aromatic carbocycles. The third-order valence-electron chi connectivity index (χ3n) is 3.08. The van der Waals surface area contributed by atoms with Crippen molar-refractivity contribution < 1.29 is 4.74 Å². The van der Waals surface area contributed by atoms with Crippen LogP contribution in [0.4, 0.5) is 5.13 Å². The van der Waals surface area contributed by atoms with Crippen LogP contribution in [-0.4, -0.2) is 16.8 Å². The van der Waals surface area contributed by atoms with Crippen molar-refractivity contribution in [1.82, 2.24) is 10.2 Å². The largest absolute Gasteiger partial charge is 0.494 e. The summed E-state index contributed by atoms with van der Waals surface area (Å²) in [6, 6.07) is 8.24. The Morgan fingerprint density at radius 2 is 1.95 bits per heavy atom. The van der Waals surface area contributed by atoms with E-state index in [1.54, 1.807) is 11.3 Å². The number of aromatic nitrogens is 2. The second-order valence-electron chi connectivity index (χ2n) is 5.44. The maximum absolute atomic E-state index is 5.68. The Morgan fingerprint density at radius 3 is 2.67 bits per heavy atom. The van der Waals surface area contributed by atoms with Crippen molar-refractivity contribution in [3.05, 3.63) is 34.8 Å². The number of benzene rings is 1. The maximum atomic E-state index is 5.68. The van der Waals surface area contributed by atoms with Gasteiger partial charge in [0.1, 0.15) is 10.8 Å². The average molecular weight is 305 g/mol. The first-order valence-corrected chi connectivity index (χ1v) is 8.22.